The minimum Gasteiger partial charge on any atom is -0.393 e. The van der Waals surface area contributed by atoms with E-state index < -0.39 is 0 Å². The Hall–Kier alpha value is -1.00. The number of aryl methyl sites for hydroxylation is 1. The van der Waals surface area contributed by atoms with Crippen molar-refractivity contribution in [3.63, 3.8) is 0 Å². The second-order valence-corrected chi connectivity index (χ2v) is 6.78. The molecule has 2 atom stereocenters. The molecular weight excluding hydrogens is 270 g/mol. The molecule has 2 heterocycles. The molecule has 2 fully saturated rings. The first-order valence-electron chi connectivity index (χ1n) is 7.25. The second-order valence-electron chi connectivity index (χ2n) is 5.90. The van der Waals surface area contributed by atoms with Gasteiger partial charge in [-0.05, 0) is 56.6 Å². The van der Waals surface area contributed by atoms with E-state index in [1.54, 1.807) is 11.8 Å². The van der Waals surface area contributed by atoms with Crippen LogP contribution < -0.4 is 0 Å². The first kappa shape index (κ1) is 14.0. The molecule has 3 rings (SSSR count). The third-order valence-electron chi connectivity index (χ3n) is 4.62. The summed E-state index contributed by atoms with van der Waals surface area (Å²) in [5, 5.41) is 9.86. The predicted octanol–water partition coefficient (Wildman–Crippen LogP) is 2.84. The van der Waals surface area contributed by atoms with Crippen molar-refractivity contribution in [2.24, 2.45) is 0 Å². The van der Waals surface area contributed by atoms with Crippen molar-refractivity contribution in [3.8, 4) is 0 Å². The van der Waals surface area contributed by atoms with E-state index in [9.17, 15) is 9.90 Å². The van der Waals surface area contributed by atoms with Crippen LogP contribution in [0.5, 0.6) is 0 Å². The summed E-state index contributed by atoms with van der Waals surface area (Å²) in [6.07, 6.45) is 5.35. The van der Waals surface area contributed by atoms with E-state index in [2.05, 4.69) is 6.07 Å². The maximum atomic E-state index is 12.9. The third-order valence-corrected chi connectivity index (χ3v) is 5.34. The molecule has 1 aromatic rings. The third kappa shape index (κ3) is 2.35. The van der Waals surface area contributed by atoms with Crippen LogP contribution in [0.1, 0.15) is 41.6 Å². The highest BCUT2D eigenvalue weighted by atomic mass is 32.2. The number of fused-ring (bicyclic) bond motifs is 2. The van der Waals surface area contributed by atoms with Gasteiger partial charge in [0.05, 0.1) is 6.10 Å². The number of amides is 1. The monoisotopic (exact) mass is 291 g/mol. The quantitative estimate of drug-likeness (QED) is 0.852. The van der Waals surface area contributed by atoms with E-state index in [1.807, 2.05) is 30.2 Å². The average molecular weight is 291 g/mol. The molecule has 0 aromatic heterocycles. The maximum Gasteiger partial charge on any atom is 0.254 e. The molecule has 2 aliphatic heterocycles. The molecule has 4 heteroatoms. The molecule has 108 valence electrons. The molecule has 2 unspecified atom stereocenters. The van der Waals surface area contributed by atoms with Gasteiger partial charge in [-0.15, -0.1) is 11.8 Å². The molecule has 2 bridgehead atoms. The minimum absolute atomic E-state index is 0.151. The van der Waals surface area contributed by atoms with Crippen LogP contribution in [0.15, 0.2) is 23.1 Å². The number of hydrogen-bond donors (Lipinski definition) is 1. The summed E-state index contributed by atoms with van der Waals surface area (Å²) in [4.78, 5) is 16.1. The van der Waals surface area contributed by atoms with Crippen molar-refractivity contribution in [2.75, 3.05) is 6.26 Å². The number of nitrogens with zero attached hydrogens (tertiary/aromatic N) is 1. The van der Waals surface area contributed by atoms with Gasteiger partial charge in [-0.1, -0.05) is 6.07 Å². The Morgan fingerprint density at radius 1 is 1.30 bits per heavy atom. The largest absolute Gasteiger partial charge is 0.393 e. The van der Waals surface area contributed by atoms with Gasteiger partial charge in [0.15, 0.2) is 0 Å². The van der Waals surface area contributed by atoms with Crippen molar-refractivity contribution < 1.29 is 9.90 Å². The summed E-state index contributed by atoms with van der Waals surface area (Å²) in [7, 11) is 0. The number of thioether (sulfide) groups is 1. The zero-order valence-corrected chi connectivity index (χ0v) is 12.8. The average Bonchev–Trinajstić information content (AvgIpc) is 2.71. The summed E-state index contributed by atoms with van der Waals surface area (Å²) >= 11 is 1.66. The lowest BCUT2D eigenvalue weighted by molar-refractivity contribution is 0.0286. The normalized spacial score (nSPS) is 28.8. The number of hydrogen-bond acceptors (Lipinski definition) is 3. The van der Waals surface area contributed by atoms with Crippen LogP contribution in [-0.2, 0) is 0 Å². The van der Waals surface area contributed by atoms with Crippen LogP contribution in [0.4, 0.5) is 0 Å². The van der Waals surface area contributed by atoms with E-state index in [0.717, 1.165) is 41.7 Å². The lowest BCUT2D eigenvalue weighted by Gasteiger charge is -2.37. The molecule has 0 radical (unpaired) electrons. The molecule has 1 amide bonds. The Kier molecular flexibility index (Phi) is 3.78. The number of aliphatic hydroxyl groups excluding tert-OH is 1. The van der Waals surface area contributed by atoms with Gasteiger partial charge in [0.1, 0.15) is 0 Å². The van der Waals surface area contributed by atoms with Crippen molar-refractivity contribution in [1.29, 1.82) is 0 Å². The van der Waals surface area contributed by atoms with Gasteiger partial charge in [0, 0.05) is 22.5 Å². The molecule has 0 saturated carbocycles. The number of piperidine rings is 1. The van der Waals surface area contributed by atoms with Crippen molar-refractivity contribution in [2.45, 2.75) is 55.7 Å². The van der Waals surface area contributed by atoms with Crippen LogP contribution in [0.3, 0.4) is 0 Å². The van der Waals surface area contributed by atoms with E-state index >= 15 is 0 Å². The van der Waals surface area contributed by atoms with E-state index in [1.165, 1.54) is 0 Å². The summed E-state index contributed by atoms with van der Waals surface area (Å²) in [5.41, 5.74) is 1.86. The van der Waals surface area contributed by atoms with E-state index in [0.29, 0.717) is 0 Å². The van der Waals surface area contributed by atoms with Gasteiger partial charge in [0.2, 0.25) is 0 Å². The Morgan fingerprint density at radius 3 is 2.55 bits per heavy atom. The van der Waals surface area contributed by atoms with E-state index in [4.69, 9.17) is 0 Å². The van der Waals surface area contributed by atoms with Crippen LogP contribution in [-0.4, -0.2) is 40.4 Å². The lowest BCUT2D eigenvalue weighted by atomic mass is 9.98. The Labute approximate surface area is 124 Å². The second kappa shape index (κ2) is 5.41. The Balaban J connectivity index is 1.90. The van der Waals surface area contributed by atoms with Gasteiger partial charge >= 0.3 is 0 Å². The molecule has 0 spiro atoms. The topological polar surface area (TPSA) is 40.5 Å². The van der Waals surface area contributed by atoms with E-state index in [-0.39, 0.29) is 24.1 Å². The number of rotatable bonds is 2. The molecule has 2 aliphatic rings. The highest BCUT2D eigenvalue weighted by Crippen LogP contribution is 2.37. The zero-order valence-electron chi connectivity index (χ0n) is 12.0. The van der Waals surface area contributed by atoms with Crippen LogP contribution >= 0.6 is 11.8 Å². The fraction of sp³-hybridized carbons (Fsp3) is 0.562. The van der Waals surface area contributed by atoms with Crippen LogP contribution in [0, 0.1) is 6.92 Å². The Morgan fingerprint density at radius 2 is 1.95 bits per heavy atom. The highest BCUT2D eigenvalue weighted by molar-refractivity contribution is 7.98. The highest BCUT2D eigenvalue weighted by Gasteiger charge is 2.43. The minimum atomic E-state index is -0.227. The maximum absolute atomic E-state index is 12.9. The number of aliphatic hydroxyl groups is 1. The Bertz CT molecular complexity index is 517. The molecule has 2 saturated heterocycles. The van der Waals surface area contributed by atoms with Crippen LogP contribution in [0.2, 0.25) is 0 Å². The summed E-state index contributed by atoms with van der Waals surface area (Å²) in [5.74, 6) is 0.151. The first-order valence-corrected chi connectivity index (χ1v) is 8.48. The van der Waals surface area contributed by atoms with Crippen molar-refractivity contribution in [1.82, 2.24) is 4.90 Å². The number of carbonyl (C=O) groups is 1. The van der Waals surface area contributed by atoms with Crippen molar-refractivity contribution in [3.05, 3.63) is 29.3 Å². The molecule has 20 heavy (non-hydrogen) atoms. The van der Waals surface area contributed by atoms with Gasteiger partial charge in [-0.2, -0.15) is 0 Å². The summed E-state index contributed by atoms with van der Waals surface area (Å²) in [6, 6.07) is 6.56. The first-order chi connectivity index (χ1) is 9.60. The molecule has 3 nitrogen and oxygen atoms in total. The van der Waals surface area contributed by atoms with Gasteiger partial charge < -0.3 is 10.0 Å². The zero-order chi connectivity index (χ0) is 14.3. The number of benzene rings is 1. The standard InChI is InChI=1S/C16H21NO2S/c1-10-3-6-14(20-2)9-15(10)16(19)17-11-4-5-12(17)8-13(18)7-11/h3,6,9,11-13,18H,4-5,7-8H2,1-2H3. The van der Waals surface area contributed by atoms with Crippen molar-refractivity contribution >= 4 is 17.7 Å². The predicted molar refractivity (Wildman–Crippen MR) is 81.2 cm³/mol. The molecule has 1 N–H and O–H groups in total. The van der Waals surface area contributed by atoms with Gasteiger partial charge in [0.25, 0.3) is 5.91 Å². The fourth-order valence-electron chi connectivity index (χ4n) is 3.58. The smallest absolute Gasteiger partial charge is 0.254 e. The van der Waals surface area contributed by atoms with Crippen LogP contribution in [0.25, 0.3) is 0 Å². The molecular formula is C16H21NO2S. The lowest BCUT2D eigenvalue weighted by Crippen LogP contribution is -2.48. The SMILES string of the molecule is CSc1ccc(C)c(C(=O)N2C3CCC2CC(O)C3)c1. The fourth-order valence-corrected chi connectivity index (χ4v) is 4.02. The number of carbonyl (C=O) groups excluding carboxylic acids is 1. The summed E-state index contributed by atoms with van der Waals surface area (Å²) < 4.78 is 0. The summed E-state index contributed by atoms with van der Waals surface area (Å²) in [6.45, 7) is 2.00. The molecule has 1 aromatic carbocycles. The molecule has 0 aliphatic carbocycles. The van der Waals surface area contributed by atoms with Gasteiger partial charge in [-0.3, -0.25) is 4.79 Å². The van der Waals surface area contributed by atoms with Gasteiger partial charge in [-0.25, -0.2) is 0 Å².